The van der Waals surface area contributed by atoms with Gasteiger partial charge in [0.2, 0.25) is 0 Å². The predicted octanol–water partition coefficient (Wildman–Crippen LogP) is -1.25. The fourth-order valence-corrected chi connectivity index (χ4v) is 2.45. The van der Waals surface area contributed by atoms with Gasteiger partial charge in [0.1, 0.15) is 5.60 Å². The number of epoxide rings is 1. The van der Waals surface area contributed by atoms with E-state index in [9.17, 15) is 9.90 Å². The number of benzene rings is 1. The second-order valence-corrected chi connectivity index (χ2v) is 5.11. The summed E-state index contributed by atoms with van der Waals surface area (Å²) >= 11 is 11.7. The van der Waals surface area contributed by atoms with Gasteiger partial charge >= 0.3 is 29.6 Å². The molecule has 0 aromatic heterocycles. The standard InChI is InChI=1S/C11H10Cl2O3.Na/c1-10(2)11(16-10,9(14)15)6-3-7(12)5-8(13)4-6;/h3-5H,1-2H3,(H,14,15);/q;+1/p-1. The van der Waals surface area contributed by atoms with Crippen LogP contribution in [0.3, 0.4) is 0 Å². The van der Waals surface area contributed by atoms with Crippen molar-refractivity contribution in [1.82, 2.24) is 0 Å². The van der Waals surface area contributed by atoms with E-state index in [4.69, 9.17) is 27.9 Å². The van der Waals surface area contributed by atoms with Gasteiger partial charge in [0.05, 0.1) is 5.97 Å². The van der Waals surface area contributed by atoms with E-state index in [1.165, 1.54) is 18.2 Å². The molecule has 6 heteroatoms. The van der Waals surface area contributed by atoms with E-state index >= 15 is 0 Å². The smallest absolute Gasteiger partial charge is 0.546 e. The first kappa shape index (κ1) is 15.3. The maximum atomic E-state index is 11.2. The Hall–Kier alpha value is 0.230. The molecule has 1 fully saturated rings. The molecule has 0 N–H and O–H groups in total. The predicted molar refractivity (Wildman–Crippen MR) is 58.3 cm³/mol. The maximum Gasteiger partial charge on any atom is 1.00 e. The van der Waals surface area contributed by atoms with E-state index in [0.29, 0.717) is 15.6 Å². The molecule has 0 radical (unpaired) electrons. The van der Waals surface area contributed by atoms with Crippen LogP contribution in [0.15, 0.2) is 18.2 Å². The summed E-state index contributed by atoms with van der Waals surface area (Å²) < 4.78 is 5.27. The molecular weight excluding hydrogens is 274 g/mol. The van der Waals surface area contributed by atoms with Crippen molar-refractivity contribution in [3.63, 3.8) is 0 Å². The van der Waals surface area contributed by atoms with Crippen molar-refractivity contribution in [3.05, 3.63) is 33.8 Å². The third kappa shape index (κ3) is 2.37. The van der Waals surface area contributed by atoms with Gasteiger partial charge in [0, 0.05) is 10.0 Å². The first-order valence-corrected chi connectivity index (χ1v) is 5.43. The molecule has 1 saturated heterocycles. The Balaban J connectivity index is 0.00000144. The van der Waals surface area contributed by atoms with E-state index in [2.05, 4.69) is 0 Å². The second-order valence-electron chi connectivity index (χ2n) is 4.24. The van der Waals surface area contributed by atoms with Crippen LogP contribution in [0.25, 0.3) is 0 Å². The second kappa shape index (κ2) is 4.72. The first-order valence-electron chi connectivity index (χ1n) is 4.68. The number of carbonyl (C=O) groups excluding carboxylic acids is 1. The third-order valence-corrected chi connectivity index (χ3v) is 3.21. The Labute approximate surface area is 131 Å². The molecule has 1 aliphatic heterocycles. The zero-order valence-electron chi connectivity index (χ0n) is 9.71. The molecular formula is C11H9Cl2NaO3. The van der Waals surface area contributed by atoms with Crippen LogP contribution in [0.1, 0.15) is 19.4 Å². The largest absolute Gasteiger partial charge is 1.00 e. The fraction of sp³-hybridized carbons (Fsp3) is 0.364. The van der Waals surface area contributed by atoms with Crippen molar-refractivity contribution in [2.45, 2.75) is 25.0 Å². The Kier molecular flexibility index (Phi) is 4.25. The number of carboxylic acids is 1. The molecule has 0 amide bonds. The number of aliphatic carboxylic acids is 1. The summed E-state index contributed by atoms with van der Waals surface area (Å²) in [5, 5.41) is 11.9. The topological polar surface area (TPSA) is 52.7 Å². The number of carbonyl (C=O) groups is 1. The average Bonchev–Trinajstić information content (AvgIpc) is 2.69. The Morgan fingerprint density at radius 2 is 1.65 bits per heavy atom. The van der Waals surface area contributed by atoms with Gasteiger partial charge in [-0.05, 0) is 37.6 Å². The first-order chi connectivity index (χ1) is 7.29. The molecule has 1 aliphatic rings. The Morgan fingerprint density at radius 1 is 1.24 bits per heavy atom. The minimum absolute atomic E-state index is 0. The molecule has 86 valence electrons. The summed E-state index contributed by atoms with van der Waals surface area (Å²) in [5.74, 6) is -1.28. The molecule has 0 saturated carbocycles. The summed E-state index contributed by atoms with van der Waals surface area (Å²) in [6, 6.07) is 4.58. The van der Waals surface area contributed by atoms with Crippen LogP contribution in [-0.2, 0) is 15.1 Å². The summed E-state index contributed by atoms with van der Waals surface area (Å²) in [4.78, 5) is 11.2. The third-order valence-electron chi connectivity index (χ3n) is 2.77. The van der Waals surface area contributed by atoms with Gasteiger partial charge in [-0.15, -0.1) is 0 Å². The number of rotatable bonds is 2. The average molecular weight is 283 g/mol. The minimum Gasteiger partial charge on any atom is -0.546 e. The molecule has 17 heavy (non-hydrogen) atoms. The van der Waals surface area contributed by atoms with Crippen LogP contribution in [0.5, 0.6) is 0 Å². The molecule has 1 aromatic carbocycles. The van der Waals surface area contributed by atoms with Crippen molar-refractivity contribution >= 4 is 29.2 Å². The van der Waals surface area contributed by atoms with E-state index in [1.54, 1.807) is 13.8 Å². The van der Waals surface area contributed by atoms with Crippen molar-refractivity contribution < 1.29 is 44.2 Å². The van der Waals surface area contributed by atoms with Gasteiger partial charge in [0.15, 0.2) is 5.60 Å². The Bertz CT molecular complexity index is 456. The van der Waals surface area contributed by atoms with Crippen LogP contribution in [0.4, 0.5) is 0 Å². The van der Waals surface area contributed by atoms with E-state index < -0.39 is 17.2 Å². The SMILES string of the molecule is CC1(C)OC1(C(=O)[O-])c1cc(Cl)cc(Cl)c1.[Na+]. The molecule has 2 rings (SSSR count). The fourth-order valence-electron chi connectivity index (χ4n) is 1.93. The van der Waals surface area contributed by atoms with E-state index in [0.717, 1.165) is 0 Å². The van der Waals surface area contributed by atoms with Crippen LogP contribution in [-0.4, -0.2) is 11.6 Å². The van der Waals surface area contributed by atoms with Gasteiger partial charge in [-0.2, -0.15) is 0 Å². The van der Waals surface area contributed by atoms with Gasteiger partial charge in [-0.3, -0.25) is 0 Å². The molecule has 1 unspecified atom stereocenters. The van der Waals surface area contributed by atoms with Gasteiger partial charge < -0.3 is 14.6 Å². The quantitative estimate of drug-likeness (QED) is 0.503. The molecule has 1 aromatic rings. The molecule has 1 atom stereocenters. The summed E-state index contributed by atoms with van der Waals surface area (Å²) in [6.45, 7) is 3.36. The molecule has 0 spiro atoms. The minimum atomic E-state index is -1.44. The van der Waals surface area contributed by atoms with Crippen molar-refractivity contribution in [1.29, 1.82) is 0 Å². The number of hydrogen-bond donors (Lipinski definition) is 0. The normalized spacial score (nSPS) is 24.9. The zero-order chi connectivity index (χ0) is 12.1. The monoisotopic (exact) mass is 282 g/mol. The van der Waals surface area contributed by atoms with Crippen LogP contribution in [0, 0.1) is 0 Å². The summed E-state index contributed by atoms with van der Waals surface area (Å²) in [5.41, 5.74) is -1.84. The van der Waals surface area contributed by atoms with Crippen LogP contribution < -0.4 is 34.7 Å². The summed E-state index contributed by atoms with van der Waals surface area (Å²) in [7, 11) is 0. The van der Waals surface area contributed by atoms with Crippen molar-refractivity contribution in [3.8, 4) is 0 Å². The number of halogens is 2. The maximum absolute atomic E-state index is 11.2. The molecule has 0 bridgehead atoms. The molecule has 0 aliphatic carbocycles. The van der Waals surface area contributed by atoms with Crippen molar-refractivity contribution in [2.75, 3.05) is 0 Å². The summed E-state index contributed by atoms with van der Waals surface area (Å²) in [6.07, 6.45) is 0. The molecule has 3 nitrogen and oxygen atoms in total. The number of ether oxygens (including phenoxy) is 1. The number of hydrogen-bond acceptors (Lipinski definition) is 3. The van der Waals surface area contributed by atoms with Gasteiger partial charge in [-0.25, -0.2) is 0 Å². The van der Waals surface area contributed by atoms with Crippen molar-refractivity contribution in [2.24, 2.45) is 0 Å². The van der Waals surface area contributed by atoms with E-state index in [1.807, 2.05) is 0 Å². The van der Waals surface area contributed by atoms with Crippen LogP contribution >= 0.6 is 23.2 Å². The van der Waals surface area contributed by atoms with Crippen LogP contribution in [0.2, 0.25) is 10.0 Å². The zero-order valence-corrected chi connectivity index (χ0v) is 13.2. The molecule has 1 heterocycles. The number of carboxylic acid groups (broad SMARTS) is 1. The van der Waals surface area contributed by atoms with Gasteiger partial charge in [0.25, 0.3) is 0 Å². The van der Waals surface area contributed by atoms with E-state index in [-0.39, 0.29) is 29.6 Å². The Morgan fingerprint density at radius 3 is 1.94 bits per heavy atom. The van der Waals surface area contributed by atoms with Gasteiger partial charge in [-0.1, -0.05) is 23.2 Å².